The first-order chi connectivity index (χ1) is 7.12. The molecule has 90 valence electrons. The quantitative estimate of drug-likeness (QED) is 0.772. The van der Waals surface area contributed by atoms with Crippen LogP contribution in [0.2, 0.25) is 0 Å². The summed E-state index contributed by atoms with van der Waals surface area (Å²) in [4.78, 5) is 1.59. The highest BCUT2D eigenvalue weighted by Gasteiger charge is 2.34. The van der Waals surface area contributed by atoms with E-state index in [2.05, 4.69) is 0 Å². The van der Waals surface area contributed by atoms with Crippen molar-refractivity contribution in [2.24, 2.45) is 0 Å². The molecule has 0 aliphatic heterocycles. The summed E-state index contributed by atoms with van der Waals surface area (Å²) in [5.74, 6) is 0. The van der Waals surface area contributed by atoms with Gasteiger partial charge in [0.2, 0.25) is 0 Å². The Labute approximate surface area is 97.3 Å². The number of benzene rings is 1. The molecule has 0 saturated heterocycles. The summed E-state index contributed by atoms with van der Waals surface area (Å²) < 4.78 is 0. The van der Waals surface area contributed by atoms with Crippen LogP contribution in [-0.4, -0.2) is 21.7 Å². The largest absolute Gasteiger partial charge is 0.371 e. The molecule has 0 saturated carbocycles. The fourth-order valence-corrected chi connectivity index (χ4v) is 2.07. The molecule has 0 fully saturated rings. The van der Waals surface area contributed by atoms with E-state index in [1.165, 1.54) is 0 Å². The van der Waals surface area contributed by atoms with E-state index in [4.69, 9.17) is 0 Å². The molecule has 3 heteroatoms. The first-order valence-electron chi connectivity index (χ1n) is 5.44. The van der Waals surface area contributed by atoms with Gasteiger partial charge < -0.3 is 15.1 Å². The molecule has 1 aromatic carbocycles. The highest BCUT2D eigenvalue weighted by atomic mass is 16.3. The van der Waals surface area contributed by atoms with Crippen LogP contribution in [0.1, 0.15) is 33.3 Å². The molecule has 3 nitrogen and oxygen atoms in total. The Morgan fingerprint density at radius 2 is 1.50 bits per heavy atom. The summed E-state index contributed by atoms with van der Waals surface area (Å²) in [6, 6.07) is 7.71. The van der Waals surface area contributed by atoms with Gasteiger partial charge in [0.1, 0.15) is 11.4 Å². The van der Waals surface area contributed by atoms with Crippen molar-refractivity contribution in [2.45, 2.75) is 46.1 Å². The average Bonchev–Trinajstić information content (AvgIpc) is 1.97. The standard InChI is InChI=1S/C13H21NO2/c1-10-7-6-8-11(9-10)14(12(2,3)15)13(4,5)16/h6-9,15-16H,1-5H3. The number of hydrogen-bond acceptors (Lipinski definition) is 3. The van der Waals surface area contributed by atoms with Gasteiger partial charge >= 0.3 is 0 Å². The first kappa shape index (κ1) is 13.0. The van der Waals surface area contributed by atoms with Crippen LogP contribution in [0.3, 0.4) is 0 Å². The Kier molecular flexibility index (Phi) is 3.31. The van der Waals surface area contributed by atoms with Gasteiger partial charge in [-0.2, -0.15) is 0 Å². The van der Waals surface area contributed by atoms with Crippen LogP contribution in [0.5, 0.6) is 0 Å². The van der Waals surface area contributed by atoms with Crippen LogP contribution in [0.15, 0.2) is 24.3 Å². The van der Waals surface area contributed by atoms with Gasteiger partial charge in [-0.15, -0.1) is 0 Å². The lowest BCUT2D eigenvalue weighted by Gasteiger charge is -2.44. The second kappa shape index (κ2) is 4.07. The zero-order valence-corrected chi connectivity index (χ0v) is 10.7. The SMILES string of the molecule is Cc1cccc(N(C(C)(C)O)C(C)(C)O)c1. The zero-order chi connectivity index (χ0) is 12.6. The highest BCUT2D eigenvalue weighted by Crippen LogP contribution is 2.29. The third-order valence-corrected chi connectivity index (χ3v) is 2.35. The number of aliphatic hydroxyl groups is 2. The van der Waals surface area contributed by atoms with Crippen molar-refractivity contribution in [3.63, 3.8) is 0 Å². The molecule has 1 aromatic rings. The first-order valence-corrected chi connectivity index (χ1v) is 5.44. The third kappa shape index (κ3) is 2.97. The van der Waals surface area contributed by atoms with E-state index in [0.717, 1.165) is 11.3 Å². The maximum absolute atomic E-state index is 10.1. The lowest BCUT2D eigenvalue weighted by atomic mass is 10.1. The van der Waals surface area contributed by atoms with Gasteiger partial charge in [-0.05, 0) is 52.3 Å². The van der Waals surface area contributed by atoms with Crippen LogP contribution in [0, 0.1) is 6.92 Å². The normalized spacial score (nSPS) is 12.7. The molecule has 16 heavy (non-hydrogen) atoms. The summed E-state index contributed by atoms with van der Waals surface area (Å²) in [7, 11) is 0. The number of nitrogens with zero attached hydrogens (tertiary/aromatic N) is 1. The maximum atomic E-state index is 10.1. The fourth-order valence-electron chi connectivity index (χ4n) is 2.07. The van der Waals surface area contributed by atoms with Crippen molar-refractivity contribution in [1.29, 1.82) is 0 Å². The van der Waals surface area contributed by atoms with Crippen LogP contribution >= 0.6 is 0 Å². The van der Waals surface area contributed by atoms with Gasteiger partial charge in [0.05, 0.1) is 0 Å². The van der Waals surface area contributed by atoms with Gasteiger partial charge in [-0.3, -0.25) is 0 Å². The van der Waals surface area contributed by atoms with E-state index in [1.807, 2.05) is 31.2 Å². The smallest absolute Gasteiger partial charge is 0.134 e. The lowest BCUT2D eigenvalue weighted by Crippen LogP contribution is -2.56. The average molecular weight is 223 g/mol. The molecule has 0 unspecified atom stereocenters. The molecule has 0 aromatic heterocycles. The summed E-state index contributed by atoms with van der Waals surface area (Å²) >= 11 is 0. The zero-order valence-electron chi connectivity index (χ0n) is 10.7. The molecule has 0 heterocycles. The molecule has 0 aliphatic rings. The molecule has 0 spiro atoms. The van der Waals surface area contributed by atoms with Crippen LogP contribution in [-0.2, 0) is 0 Å². The molecule has 0 aliphatic carbocycles. The van der Waals surface area contributed by atoms with Gasteiger partial charge in [-0.1, -0.05) is 12.1 Å². The number of rotatable bonds is 3. The van der Waals surface area contributed by atoms with Crippen LogP contribution in [0.25, 0.3) is 0 Å². The molecular weight excluding hydrogens is 202 g/mol. The maximum Gasteiger partial charge on any atom is 0.134 e. The van der Waals surface area contributed by atoms with Crippen molar-refractivity contribution >= 4 is 5.69 Å². The molecule has 2 N–H and O–H groups in total. The number of anilines is 1. The topological polar surface area (TPSA) is 43.7 Å². The van der Waals surface area contributed by atoms with Gasteiger partial charge in [0.25, 0.3) is 0 Å². The van der Waals surface area contributed by atoms with E-state index in [0.29, 0.717) is 0 Å². The van der Waals surface area contributed by atoms with E-state index in [9.17, 15) is 10.2 Å². The van der Waals surface area contributed by atoms with Crippen molar-refractivity contribution < 1.29 is 10.2 Å². The predicted molar refractivity (Wildman–Crippen MR) is 66.3 cm³/mol. The monoisotopic (exact) mass is 223 g/mol. The lowest BCUT2D eigenvalue weighted by molar-refractivity contribution is -0.0201. The van der Waals surface area contributed by atoms with Gasteiger partial charge in [0.15, 0.2) is 0 Å². The van der Waals surface area contributed by atoms with Crippen molar-refractivity contribution in [1.82, 2.24) is 0 Å². The van der Waals surface area contributed by atoms with Crippen molar-refractivity contribution in [2.75, 3.05) is 4.90 Å². The molecular formula is C13H21NO2. The Bertz CT molecular complexity index is 347. The van der Waals surface area contributed by atoms with E-state index in [1.54, 1.807) is 32.6 Å². The van der Waals surface area contributed by atoms with Crippen LogP contribution in [0.4, 0.5) is 5.69 Å². The summed E-state index contributed by atoms with van der Waals surface area (Å²) in [5, 5.41) is 20.2. The fraction of sp³-hybridized carbons (Fsp3) is 0.538. The molecule has 0 bridgehead atoms. The van der Waals surface area contributed by atoms with E-state index < -0.39 is 11.4 Å². The second-order valence-electron chi connectivity index (χ2n) is 5.16. The number of aryl methyl sites for hydroxylation is 1. The minimum atomic E-state index is -1.12. The molecule has 0 atom stereocenters. The summed E-state index contributed by atoms with van der Waals surface area (Å²) in [6.07, 6.45) is 0. The van der Waals surface area contributed by atoms with Gasteiger partial charge in [0, 0.05) is 5.69 Å². The minimum Gasteiger partial charge on any atom is -0.371 e. The molecule has 0 radical (unpaired) electrons. The number of hydrogen-bond donors (Lipinski definition) is 2. The van der Waals surface area contributed by atoms with Crippen molar-refractivity contribution in [3.8, 4) is 0 Å². The van der Waals surface area contributed by atoms with Crippen molar-refractivity contribution in [3.05, 3.63) is 29.8 Å². The minimum absolute atomic E-state index is 0.806. The Morgan fingerprint density at radius 1 is 1.00 bits per heavy atom. The summed E-state index contributed by atoms with van der Waals surface area (Å²) in [6.45, 7) is 8.62. The van der Waals surface area contributed by atoms with Crippen LogP contribution < -0.4 is 4.90 Å². The Hall–Kier alpha value is -1.06. The molecule has 1 rings (SSSR count). The molecule has 0 amide bonds. The Morgan fingerprint density at radius 3 is 1.88 bits per heavy atom. The Balaban J connectivity index is 3.23. The summed E-state index contributed by atoms with van der Waals surface area (Å²) in [5.41, 5.74) is -0.339. The predicted octanol–water partition coefficient (Wildman–Crippen LogP) is 2.26. The van der Waals surface area contributed by atoms with E-state index >= 15 is 0 Å². The second-order valence-corrected chi connectivity index (χ2v) is 5.16. The van der Waals surface area contributed by atoms with Gasteiger partial charge in [-0.25, -0.2) is 0 Å². The highest BCUT2D eigenvalue weighted by molar-refractivity contribution is 5.51. The van der Waals surface area contributed by atoms with E-state index in [-0.39, 0.29) is 0 Å². The third-order valence-electron chi connectivity index (χ3n) is 2.35.